The number of esters is 1. The van der Waals surface area contributed by atoms with Gasteiger partial charge in [-0.25, -0.2) is 0 Å². The van der Waals surface area contributed by atoms with E-state index in [1.165, 1.54) is 0 Å². The highest BCUT2D eigenvalue weighted by atomic mass is 16.5. The van der Waals surface area contributed by atoms with E-state index < -0.39 is 5.97 Å². The third-order valence-electron chi connectivity index (χ3n) is 3.97. The summed E-state index contributed by atoms with van der Waals surface area (Å²) in [5, 5.41) is 5.59. The van der Waals surface area contributed by atoms with E-state index in [4.69, 9.17) is 4.74 Å². The zero-order valence-electron chi connectivity index (χ0n) is 17.2. The topological polar surface area (TPSA) is 84.5 Å². The first-order valence-electron chi connectivity index (χ1n) is 9.65. The van der Waals surface area contributed by atoms with Crippen LogP contribution in [-0.2, 0) is 20.7 Å². The Morgan fingerprint density at radius 2 is 1.55 bits per heavy atom. The summed E-state index contributed by atoms with van der Waals surface area (Å²) in [6.45, 7) is 6.02. The van der Waals surface area contributed by atoms with Gasteiger partial charge in [0, 0.05) is 29.6 Å². The number of ether oxygens (including phenoxy) is 1. The lowest BCUT2D eigenvalue weighted by Gasteiger charge is -2.20. The molecule has 0 bridgehead atoms. The minimum atomic E-state index is -0.398. The summed E-state index contributed by atoms with van der Waals surface area (Å²) < 4.78 is 5.17. The van der Waals surface area contributed by atoms with Gasteiger partial charge in [-0.3, -0.25) is 14.4 Å². The normalized spacial score (nSPS) is 10.9. The van der Waals surface area contributed by atoms with Crippen LogP contribution in [0.25, 0.3) is 0 Å². The number of rotatable bonds is 8. The zero-order valence-corrected chi connectivity index (χ0v) is 17.2. The molecule has 0 unspecified atom stereocenters. The Bertz CT molecular complexity index is 824. The molecule has 2 N–H and O–H groups in total. The van der Waals surface area contributed by atoms with E-state index >= 15 is 0 Å². The summed E-state index contributed by atoms with van der Waals surface area (Å²) in [6.07, 6.45) is 0.705. The van der Waals surface area contributed by atoms with Crippen LogP contribution < -0.4 is 10.6 Å². The van der Waals surface area contributed by atoms with Crippen molar-refractivity contribution in [1.29, 1.82) is 0 Å². The van der Waals surface area contributed by atoms with Crippen LogP contribution in [0.15, 0.2) is 54.6 Å². The lowest BCUT2D eigenvalue weighted by atomic mass is 10.1. The molecule has 154 valence electrons. The smallest absolute Gasteiger partial charge is 0.306 e. The van der Waals surface area contributed by atoms with E-state index in [0.29, 0.717) is 24.3 Å². The number of anilines is 1. The maximum atomic E-state index is 12.1. The van der Waals surface area contributed by atoms with Crippen LogP contribution in [0.5, 0.6) is 0 Å². The zero-order chi connectivity index (χ0) is 21.3. The van der Waals surface area contributed by atoms with Crippen molar-refractivity contribution in [1.82, 2.24) is 5.32 Å². The van der Waals surface area contributed by atoms with Gasteiger partial charge in [0.1, 0.15) is 0 Å². The third-order valence-corrected chi connectivity index (χ3v) is 3.97. The molecule has 2 rings (SSSR count). The number of benzene rings is 2. The molecule has 6 nitrogen and oxygen atoms in total. The van der Waals surface area contributed by atoms with Gasteiger partial charge in [0.15, 0.2) is 0 Å². The molecule has 6 heteroatoms. The molecule has 0 atom stereocenters. The number of carbonyl (C=O) groups is 3. The summed E-state index contributed by atoms with van der Waals surface area (Å²) in [6, 6.07) is 16.4. The van der Waals surface area contributed by atoms with Gasteiger partial charge in [0.2, 0.25) is 5.91 Å². The van der Waals surface area contributed by atoms with Gasteiger partial charge in [-0.1, -0.05) is 30.3 Å². The Balaban J connectivity index is 1.70. The van der Waals surface area contributed by atoms with E-state index in [1.807, 2.05) is 51.1 Å². The van der Waals surface area contributed by atoms with Crippen molar-refractivity contribution < 1.29 is 19.1 Å². The molecule has 2 aromatic rings. The lowest BCUT2D eigenvalue weighted by molar-refractivity contribution is -0.144. The molecule has 0 heterocycles. The SMILES string of the molecule is CC(C)(C)NC(=O)c1ccc(NC(=O)CCC(=O)OCCc2ccccc2)cc1. The summed E-state index contributed by atoms with van der Waals surface area (Å²) in [7, 11) is 0. The quantitative estimate of drug-likeness (QED) is 0.666. The number of hydrogen-bond donors (Lipinski definition) is 2. The van der Waals surface area contributed by atoms with Gasteiger partial charge < -0.3 is 15.4 Å². The standard InChI is InChI=1S/C23H28N2O4/c1-23(2,3)25-22(28)18-9-11-19(12-10-18)24-20(26)13-14-21(27)29-16-15-17-7-5-4-6-8-17/h4-12H,13-16H2,1-3H3,(H,24,26)(H,25,28). The first-order chi connectivity index (χ1) is 13.7. The highest BCUT2D eigenvalue weighted by molar-refractivity contribution is 5.96. The van der Waals surface area contributed by atoms with Crippen molar-refractivity contribution in [3.8, 4) is 0 Å². The van der Waals surface area contributed by atoms with Crippen LogP contribution in [0.1, 0.15) is 49.5 Å². The molecule has 0 fully saturated rings. The molecule has 0 aliphatic heterocycles. The molecule has 0 aliphatic carbocycles. The summed E-state index contributed by atoms with van der Waals surface area (Å²) >= 11 is 0. The fraction of sp³-hybridized carbons (Fsp3) is 0.348. The van der Waals surface area contributed by atoms with Crippen LogP contribution in [0.3, 0.4) is 0 Å². The average Bonchev–Trinajstić information content (AvgIpc) is 2.66. The Kier molecular flexibility index (Phi) is 7.95. The summed E-state index contributed by atoms with van der Waals surface area (Å²) in [5.41, 5.74) is 1.86. The monoisotopic (exact) mass is 396 g/mol. The van der Waals surface area contributed by atoms with E-state index in [0.717, 1.165) is 5.56 Å². The average molecular weight is 396 g/mol. The predicted octanol–water partition coefficient (Wildman–Crippen LogP) is 3.72. The second kappa shape index (κ2) is 10.4. The van der Waals surface area contributed by atoms with Crippen molar-refractivity contribution in [2.75, 3.05) is 11.9 Å². The molecular weight excluding hydrogens is 368 g/mol. The fourth-order valence-electron chi connectivity index (χ4n) is 2.56. The van der Waals surface area contributed by atoms with Crippen LogP contribution in [0.4, 0.5) is 5.69 Å². The molecule has 0 aromatic heterocycles. The van der Waals surface area contributed by atoms with Crippen molar-refractivity contribution in [2.45, 2.75) is 45.6 Å². The molecule has 0 radical (unpaired) electrons. The first kappa shape index (κ1) is 22.1. The maximum Gasteiger partial charge on any atom is 0.306 e. The van der Waals surface area contributed by atoms with Crippen LogP contribution >= 0.6 is 0 Å². The highest BCUT2D eigenvalue weighted by Crippen LogP contribution is 2.12. The Labute approximate surface area is 171 Å². The number of carbonyl (C=O) groups excluding carboxylic acids is 3. The van der Waals surface area contributed by atoms with Crippen molar-refractivity contribution in [3.63, 3.8) is 0 Å². The van der Waals surface area contributed by atoms with E-state index in [1.54, 1.807) is 24.3 Å². The van der Waals surface area contributed by atoms with Gasteiger partial charge in [0.25, 0.3) is 5.91 Å². The van der Waals surface area contributed by atoms with E-state index in [-0.39, 0.29) is 30.2 Å². The predicted molar refractivity (Wildman–Crippen MR) is 113 cm³/mol. The third kappa shape index (κ3) is 8.60. The van der Waals surface area contributed by atoms with Gasteiger partial charge in [-0.05, 0) is 50.6 Å². The van der Waals surface area contributed by atoms with Crippen molar-refractivity contribution >= 4 is 23.5 Å². The Morgan fingerprint density at radius 1 is 0.897 bits per heavy atom. The van der Waals surface area contributed by atoms with Gasteiger partial charge >= 0.3 is 5.97 Å². The van der Waals surface area contributed by atoms with E-state index in [9.17, 15) is 14.4 Å². The van der Waals surface area contributed by atoms with Gasteiger partial charge in [0.05, 0.1) is 13.0 Å². The Morgan fingerprint density at radius 3 is 2.17 bits per heavy atom. The van der Waals surface area contributed by atoms with E-state index in [2.05, 4.69) is 10.6 Å². The highest BCUT2D eigenvalue weighted by Gasteiger charge is 2.15. The first-order valence-corrected chi connectivity index (χ1v) is 9.65. The van der Waals surface area contributed by atoms with Crippen LogP contribution in [0, 0.1) is 0 Å². The number of hydrogen-bond acceptors (Lipinski definition) is 4. The van der Waals surface area contributed by atoms with Crippen LogP contribution in [-0.4, -0.2) is 29.9 Å². The molecule has 0 aliphatic rings. The van der Waals surface area contributed by atoms with Gasteiger partial charge in [-0.15, -0.1) is 0 Å². The van der Waals surface area contributed by atoms with Crippen molar-refractivity contribution in [3.05, 3.63) is 65.7 Å². The largest absolute Gasteiger partial charge is 0.465 e. The number of amides is 2. The summed E-state index contributed by atoms with van der Waals surface area (Å²) in [4.78, 5) is 35.9. The fourth-order valence-corrected chi connectivity index (χ4v) is 2.56. The minimum Gasteiger partial charge on any atom is -0.465 e. The maximum absolute atomic E-state index is 12.1. The second-order valence-electron chi connectivity index (χ2n) is 7.79. The molecule has 2 aromatic carbocycles. The molecule has 0 saturated carbocycles. The molecule has 2 amide bonds. The van der Waals surface area contributed by atoms with Crippen molar-refractivity contribution in [2.24, 2.45) is 0 Å². The second-order valence-corrected chi connectivity index (χ2v) is 7.79. The summed E-state index contributed by atoms with van der Waals surface area (Å²) in [5.74, 6) is -0.851. The molecule has 29 heavy (non-hydrogen) atoms. The Hall–Kier alpha value is -3.15. The molecule has 0 spiro atoms. The number of nitrogens with one attached hydrogen (secondary N) is 2. The van der Waals surface area contributed by atoms with Gasteiger partial charge in [-0.2, -0.15) is 0 Å². The molecule has 0 saturated heterocycles. The van der Waals surface area contributed by atoms with Crippen LogP contribution in [0.2, 0.25) is 0 Å². The molecular formula is C23H28N2O4. The lowest BCUT2D eigenvalue weighted by Crippen LogP contribution is -2.40. The minimum absolute atomic E-state index is 0.0205.